The molecule has 0 spiro atoms. The first-order valence-electron chi connectivity index (χ1n) is 9.79. The average Bonchev–Trinajstić information content (AvgIpc) is 3.14. The molecule has 6 heteroatoms. The van der Waals surface area contributed by atoms with Gasteiger partial charge >= 0.3 is 5.97 Å². The monoisotopic (exact) mass is 433 g/mol. The van der Waals surface area contributed by atoms with Crippen LogP contribution in [0.2, 0.25) is 5.02 Å². The van der Waals surface area contributed by atoms with E-state index in [4.69, 9.17) is 25.8 Å². The first kappa shape index (κ1) is 20.7. The predicted molar refractivity (Wildman–Crippen MR) is 121 cm³/mol. The zero-order valence-corrected chi connectivity index (χ0v) is 17.6. The summed E-state index contributed by atoms with van der Waals surface area (Å²) in [6.45, 7) is 2.70. The number of halogens is 1. The van der Waals surface area contributed by atoms with Crippen molar-refractivity contribution in [3.8, 4) is 11.5 Å². The third kappa shape index (κ3) is 5.13. The Bertz CT molecular complexity index is 1160. The third-order valence-electron chi connectivity index (χ3n) is 4.60. The molecule has 0 radical (unpaired) electrons. The lowest BCUT2D eigenvalue weighted by Gasteiger charge is -2.12. The van der Waals surface area contributed by atoms with E-state index in [-0.39, 0.29) is 11.6 Å². The molecule has 0 bridgehead atoms. The fourth-order valence-electron chi connectivity index (χ4n) is 3.05. The molecule has 0 atom stereocenters. The average molecular weight is 434 g/mol. The van der Waals surface area contributed by atoms with Crippen LogP contribution in [0.1, 0.15) is 16.7 Å². The number of carbonyl (C=O) groups excluding carboxylic acids is 1. The second-order valence-electron chi connectivity index (χ2n) is 6.85. The number of benzene rings is 3. The summed E-state index contributed by atoms with van der Waals surface area (Å²) < 4.78 is 17.0. The van der Waals surface area contributed by atoms with Crippen LogP contribution in [0.3, 0.4) is 0 Å². The number of cyclic esters (lactones) is 1. The number of hydrogen-bond acceptors (Lipinski definition) is 5. The molecule has 4 rings (SSSR count). The lowest BCUT2D eigenvalue weighted by atomic mass is 10.1. The molecule has 1 aliphatic heterocycles. The van der Waals surface area contributed by atoms with E-state index in [2.05, 4.69) is 4.99 Å². The summed E-state index contributed by atoms with van der Waals surface area (Å²) in [5, 5.41) is 0.522. The molecule has 5 nitrogen and oxygen atoms in total. The SMILES string of the molecule is Cc1ccccc1OCCOc1ccc(Cl)cc1C=C1N=C(c2ccccc2)OC1=O. The standard InChI is InChI=1S/C25H20ClNO4/c1-17-7-5-6-10-22(17)29-13-14-30-23-12-11-20(26)15-19(23)16-21-25(28)31-24(27-21)18-8-3-2-4-9-18/h2-12,15-16H,13-14H2,1H3. The summed E-state index contributed by atoms with van der Waals surface area (Å²) in [6, 6.07) is 22.3. The minimum Gasteiger partial charge on any atom is -0.490 e. The molecular formula is C25H20ClNO4. The summed E-state index contributed by atoms with van der Waals surface area (Å²) in [7, 11) is 0. The van der Waals surface area contributed by atoms with E-state index in [1.807, 2.05) is 61.5 Å². The Balaban J connectivity index is 1.48. The van der Waals surface area contributed by atoms with Gasteiger partial charge in [0.05, 0.1) is 0 Å². The second kappa shape index (κ2) is 9.49. The highest BCUT2D eigenvalue weighted by molar-refractivity contribution is 6.30. The van der Waals surface area contributed by atoms with Crippen molar-refractivity contribution in [2.24, 2.45) is 4.99 Å². The van der Waals surface area contributed by atoms with Gasteiger partial charge in [-0.25, -0.2) is 9.79 Å². The number of hydrogen-bond donors (Lipinski definition) is 0. The fraction of sp³-hybridized carbons (Fsp3) is 0.120. The predicted octanol–water partition coefficient (Wildman–Crippen LogP) is 5.45. The smallest absolute Gasteiger partial charge is 0.363 e. The fourth-order valence-corrected chi connectivity index (χ4v) is 3.23. The maximum Gasteiger partial charge on any atom is 0.363 e. The first-order valence-corrected chi connectivity index (χ1v) is 10.2. The Morgan fingerprint density at radius 3 is 2.42 bits per heavy atom. The molecule has 0 unspecified atom stereocenters. The number of carbonyl (C=O) groups is 1. The molecule has 156 valence electrons. The molecule has 1 heterocycles. The summed E-state index contributed by atoms with van der Waals surface area (Å²) in [4.78, 5) is 16.6. The van der Waals surface area contributed by atoms with E-state index in [1.54, 1.807) is 24.3 Å². The van der Waals surface area contributed by atoms with Crippen LogP contribution >= 0.6 is 11.6 Å². The van der Waals surface area contributed by atoms with Gasteiger partial charge in [0.25, 0.3) is 0 Å². The van der Waals surface area contributed by atoms with Gasteiger partial charge in [-0.2, -0.15) is 0 Å². The van der Waals surface area contributed by atoms with Gasteiger partial charge in [0.2, 0.25) is 5.90 Å². The Morgan fingerprint density at radius 1 is 0.935 bits per heavy atom. The molecule has 0 aromatic heterocycles. The number of aliphatic imine (C=N–C) groups is 1. The van der Waals surface area contributed by atoms with Crippen molar-refractivity contribution in [1.82, 2.24) is 0 Å². The van der Waals surface area contributed by atoms with Crippen LogP contribution in [0.4, 0.5) is 0 Å². The normalized spacial score (nSPS) is 14.3. The van der Waals surface area contributed by atoms with Gasteiger partial charge in [-0.15, -0.1) is 0 Å². The van der Waals surface area contributed by atoms with Crippen molar-refractivity contribution < 1.29 is 19.0 Å². The number of para-hydroxylation sites is 1. The van der Waals surface area contributed by atoms with E-state index >= 15 is 0 Å². The van der Waals surface area contributed by atoms with E-state index in [9.17, 15) is 4.79 Å². The molecule has 0 saturated heterocycles. The van der Waals surface area contributed by atoms with Crippen molar-refractivity contribution >= 4 is 29.5 Å². The number of ether oxygens (including phenoxy) is 3. The van der Waals surface area contributed by atoms with Gasteiger partial charge in [0.15, 0.2) is 5.70 Å². The van der Waals surface area contributed by atoms with E-state index in [0.717, 1.165) is 16.9 Å². The van der Waals surface area contributed by atoms with Crippen LogP contribution < -0.4 is 9.47 Å². The first-order chi connectivity index (χ1) is 15.1. The topological polar surface area (TPSA) is 57.1 Å². The van der Waals surface area contributed by atoms with Crippen molar-refractivity contribution in [3.63, 3.8) is 0 Å². The van der Waals surface area contributed by atoms with Crippen LogP contribution in [0.25, 0.3) is 6.08 Å². The van der Waals surface area contributed by atoms with Crippen LogP contribution in [0.5, 0.6) is 11.5 Å². The van der Waals surface area contributed by atoms with Crippen molar-refractivity contribution in [2.45, 2.75) is 6.92 Å². The molecule has 3 aromatic carbocycles. The van der Waals surface area contributed by atoms with Gasteiger partial charge in [0.1, 0.15) is 24.7 Å². The molecule has 3 aromatic rings. The van der Waals surface area contributed by atoms with Crippen LogP contribution in [0, 0.1) is 6.92 Å². The molecule has 1 aliphatic rings. The summed E-state index contributed by atoms with van der Waals surface area (Å²) in [5.41, 5.74) is 2.61. The summed E-state index contributed by atoms with van der Waals surface area (Å²) in [6.07, 6.45) is 1.61. The zero-order valence-electron chi connectivity index (χ0n) is 16.9. The molecular weight excluding hydrogens is 414 g/mol. The quantitative estimate of drug-likeness (QED) is 0.282. The molecule has 0 aliphatic carbocycles. The number of rotatable bonds is 7. The van der Waals surface area contributed by atoms with Gasteiger partial charge < -0.3 is 14.2 Å². The highest BCUT2D eigenvalue weighted by Crippen LogP contribution is 2.28. The molecule has 31 heavy (non-hydrogen) atoms. The van der Waals surface area contributed by atoms with Crippen molar-refractivity contribution in [3.05, 3.63) is 100 Å². The highest BCUT2D eigenvalue weighted by Gasteiger charge is 2.24. The highest BCUT2D eigenvalue weighted by atomic mass is 35.5. The van der Waals surface area contributed by atoms with E-state index in [0.29, 0.717) is 29.5 Å². The second-order valence-corrected chi connectivity index (χ2v) is 7.28. The van der Waals surface area contributed by atoms with Crippen LogP contribution in [0.15, 0.2) is 83.5 Å². The Hall–Kier alpha value is -3.57. The Kier molecular flexibility index (Phi) is 6.34. The maximum absolute atomic E-state index is 12.3. The zero-order chi connectivity index (χ0) is 21.6. The molecule has 0 fully saturated rings. The van der Waals surface area contributed by atoms with Gasteiger partial charge in [-0.1, -0.05) is 48.0 Å². The van der Waals surface area contributed by atoms with Gasteiger partial charge in [-0.3, -0.25) is 0 Å². The van der Waals surface area contributed by atoms with E-state index in [1.165, 1.54) is 0 Å². The maximum atomic E-state index is 12.3. The Labute approximate surface area is 185 Å². The van der Waals surface area contributed by atoms with Gasteiger partial charge in [0, 0.05) is 16.1 Å². The lowest BCUT2D eigenvalue weighted by molar-refractivity contribution is -0.129. The third-order valence-corrected chi connectivity index (χ3v) is 4.83. The van der Waals surface area contributed by atoms with Crippen LogP contribution in [-0.2, 0) is 9.53 Å². The summed E-state index contributed by atoms with van der Waals surface area (Å²) in [5.74, 6) is 1.14. The minimum atomic E-state index is -0.521. The van der Waals surface area contributed by atoms with Crippen molar-refractivity contribution in [2.75, 3.05) is 13.2 Å². The van der Waals surface area contributed by atoms with Gasteiger partial charge in [-0.05, 0) is 55.0 Å². The Morgan fingerprint density at radius 2 is 1.65 bits per heavy atom. The number of nitrogens with zero attached hydrogens (tertiary/aromatic N) is 1. The largest absolute Gasteiger partial charge is 0.490 e. The molecule has 0 saturated carbocycles. The minimum absolute atomic E-state index is 0.183. The van der Waals surface area contributed by atoms with E-state index < -0.39 is 5.97 Å². The molecule has 0 amide bonds. The number of aryl methyl sites for hydroxylation is 1. The summed E-state index contributed by atoms with van der Waals surface area (Å²) >= 11 is 6.16. The van der Waals surface area contributed by atoms with Crippen molar-refractivity contribution in [1.29, 1.82) is 0 Å². The number of esters is 1. The molecule has 0 N–H and O–H groups in total. The van der Waals surface area contributed by atoms with Crippen LogP contribution in [-0.4, -0.2) is 25.1 Å². The lowest BCUT2D eigenvalue weighted by Crippen LogP contribution is -2.10.